The highest BCUT2D eigenvalue weighted by Crippen LogP contribution is 2.43. The standard InChI is InChI=1S/C17H25NO2/c1-5-16(19)20-17(15-9-7-6-8-10-15)11-12-18(4)14(3)13(17)2/h6-10,13-14H,5,11-12H2,1-4H3/t13-,14-,17+/m0/s1. The number of piperidine rings is 1. The fourth-order valence-corrected chi connectivity index (χ4v) is 3.15. The van der Waals surface area contributed by atoms with Gasteiger partial charge in [-0.25, -0.2) is 0 Å². The molecule has 1 aromatic rings. The summed E-state index contributed by atoms with van der Waals surface area (Å²) in [7, 11) is 2.14. The first-order valence-electron chi connectivity index (χ1n) is 7.49. The van der Waals surface area contributed by atoms with Gasteiger partial charge in [-0.3, -0.25) is 4.79 Å². The molecule has 3 heteroatoms. The van der Waals surface area contributed by atoms with Crippen molar-refractivity contribution in [3.8, 4) is 0 Å². The third-order valence-corrected chi connectivity index (χ3v) is 4.84. The first-order chi connectivity index (χ1) is 9.51. The van der Waals surface area contributed by atoms with E-state index in [0.717, 1.165) is 18.5 Å². The van der Waals surface area contributed by atoms with Crippen LogP contribution in [0.4, 0.5) is 0 Å². The summed E-state index contributed by atoms with van der Waals surface area (Å²) in [6, 6.07) is 10.6. The zero-order chi connectivity index (χ0) is 14.8. The van der Waals surface area contributed by atoms with Crippen molar-refractivity contribution < 1.29 is 9.53 Å². The quantitative estimate of drug-likeness (QED) is 0.793. The van der Waals surface area contributed by atoms with Crippen LogP contribution in [0.1, 0.15) is 39.2 Å². The number of ether oxygens (including phenoxy) is 1. The second-order valence-corrected chi connectivity index (χ2v) is 5.84. The number of hydrogen-bond donors (Lipinski definition) is 0. The number of benzene rings is 1. The van der Waals surface area contributed by atoms with Crippen molar-refractivity contribution in [2.45, 2.75) is 45.3 Å². The Morgan fingerprint density at radius 2 is 2.00 bits per heavy atom. The predicted octanol–water partition coefficient (Wildman–Crippen LogP) is 3.20. The number of likely N-dealkylation sites (tertiary alicyclic amines) is 1. The minimum atomic E-state index is -0.486. The molecule has 0 spiro atoms. The van der Waals surface area contributed by atoms with E-state index in [0.29, 0.717) is 12.5 Å². The monoisotopic (exact) mass is 275 g/mol. The van der Waals surface area contributed by atoms with Crippen LogP contribution in [0, 0.1) is 5.92 Å². The fraction of sp³-hybridized carbons (Fsp3) is 0.588. The van der Waals surface area contributed by atoms with Crippen LogP contribution in [0.15, 0.2) is 30.3 Å². The molecule has 0 radical (unpaired) electrons. The van der Waals surface area contributed by atoms with Crippen LogP contribution < -0.4 is 0 Å². The molecule has 2 rings (SSSR count). The average molecular weight is 275 g/mol. The van der Waals surface area contributed by atoms with Gasteiger partial charge in [0.2, 0.25) is 0 Å². The molecular weight excluding hydrogens is 250 g/mol. The summed E-state index contributed by atoms with van der Waals surface area (Å²) in [6.45, 7) is 7.19. The van der Waals surface area contributed by atoms with Gasteiger partial charge >= 0.3 is 5.97 Å². The maximum Gasteiger partial charge on any atom is 0.306 e. The highest BCUT2D eigenvalue weighted by atomic mass is 16.6. The van der Waals surface area contributed by atoms with Gasteiger partial charge in [-0.15, -0.1) is 0 Å². The molecule has 0 N–H and O–H groups in total. The lowest BCUT2D eigenvalue weighted by atomic mass is 9.73. The lowest BCUT2D eigenvalue weighted by Crippen LogP contribution is -2.54. The molecule has 1 aliphatic rings. The van der Waals surface area contributed by atoms with Crippen LogP contribution in [-0.4, -0.2) is 30.5 Å². The first-order valence-corrected chi connectivity index (χ1v) is 7.49. The van der Waals surface area contributed by atoms with Crippen molar-refractivity contribution in [3.63, 3.8) is 0 Å². The molecule has 0 aromatic heterocycles. The third-order valence-electron chi connectivity index (χ3n) is 4.84. The van der Waals surface area contributed by atoms with Crippen LogP contribution in [0.2, 0.25) is 0 Å². The summed E-state index contributed by atoms with van der Waals surface area (Å²) < 4.78 is 5.98. The first kappa shape index (κ1) is 15.0. The molecule has 3 atom stereocenters. The SMILES string of the molecule is CCC(=O)O[C@]1(c2ccccc2)CCN(C)[C@@H](C)[C@@H]1C. The number of carbonyl (C=O) groups excluding carboxylic acids is 1. The molecule has 0 saturated carbocycles. The summed E-state index contributed by atoms with van der Waals surface area (Å²) in [5, 5.41) is 0. The Kier molecular flexibility index (Phi) is 4.48. The molecule has 0 unspecified atom stereocenters. The van der Waals surface area contributed by atoms with Gasteiger partial charge in [0.25, 0.3) is 0 Å². The summed E-state index contributed by atoms with van der Waals surface area (Å²) in [5.41, 5.74) is 0.634. The lowest BCUT2D eigenvalue weighted by molar-refractivity contribution is -0.178. The molecule has 3 nitrogen and oxygen atoms in total. The van der Waals surface area contributed by atoms with Crippen molar-refractivity contribution in [3.05, 3.63) is 35.9 Å². The minimum Gasteiger partial charge on any atom is -0.454 e. The van der Waals surface area contributed by atoms with E-state index in [-0.39, 0.29) is 11.9 Å². The van der Waals surface area contributed by atoms with E-state index in [1.807, 2.05) is 25.1 Å². The fourth-order valence-electron chi connectivity index (χ4n) is 3.15. The molecule has 0 amide bonds. The molecule has 1 saturated heterocycles. The molecular formula is C17H25NO2. The zero-order valence-corrected chi connectivity index (χ0v) is 12.9. The van der Waals surface area contributed by atoms with Gasteiger partial charge in [0.1, 0.15) is 5.60 Å². The molecule has 0 bridgehead atoms. The van der Waals surface area contributed by atoms with Crippen LogP contribution >= 0.6 is 0 Å². The second kappa shape index (κ2) is 5.96. The Morgan fingerprint density at radius 1 is 1.35 bits per heavy atom. The Morgan fingerprint density at radius 3 is 2.60 bits per heavy atom. The molecule has 1 fully saturated rings. The van der Waals surface area contributed by atoms with Crippen molar-refractivity contribution in [1.82, 2.24) is 4.90 Å². The lowest BCUT2D eigenvalue weighted by Gasteiger charge is -2.49. The summed E-state index contributed by atoms with van der Waals surface area (Å²) in [4.78, 5) is 14.3. The van der Waals surface area contributed by atoms with Gasteiger partial charge in [-0.2, -0.15) is 0 Å². The van der Waals surface area contributed by atoms with E-state index >= 15 is 0 Å². The van der Waals surface area contributed by atoms with Crippen LogP contribution in [-0.2, 0) is 15.1 Å². The largest absolute Gasteiger partial charge is 0.454 e. The topological polar surface area (TPSA) is 29.5 Å². The predicted molar refractivity (Wildman–Crippen MR) is 80.4 cm³/mol. The maximum atomic E-state index is 12.0. The van der Waals surface area contributed by atoms with E-state index in [1.54, 1.807) is 0 Å². The Balaban J connectivity index is 2.42. The minimum absolute atomic E-state index is 0.113. The Labute approximate surface area is 121 Å². The highest BCUT2D eigenvalue weighted by Gasteiger charge is 2.47. The summed E-state index contributed by atoms with van der Waals surface area (Å²) in [5.74, 6) is 0.150. The van der Waals surface area contributed by atoms with Crippen LogP contribution in [0.5, 0.6) is 0 Å². The second-order valence-electron chi connectivity index (χ2n) is 5.84. The van der Waals surface area contributed by atoms with Gasteiger partial charge < -0.3 is 9.64 Å². The van der Waals surface area contributed by atoms with Gasteiger partial charge in [0, 0.05) is 31.3 Å². The van der Waals surface area contributed by atoms with Crippen molar-refractivity contribution in [1.29, 1.82) is 0 Å². The third kappa shape index (κ3) is 2.59. The normalized spacial score (nSPS) is 31.0. The molecule has 1 aromatic carbocycles. The van der Waals surface area contributed by atoms with E-state index < -0.39 is 5.60 Å². The summed E-state index contributed by atoms with van der Waals surface area (Å²) in [6.07, 6.45) is 1.27. The maximum absolute atomic E-state index is 12.0. The van der Waals surface area contributed by atoms with Crippen molar-refractivity contribution in [2.75, 3.05) is 13.6 Å². The zero-order valence-electron chi connectivity index (χ0n) is 12.9. The Hall–Kier alpha value is -1.35. The van der Waals surface area contributed by atoms with Crippen LogP contribution in [0.25, 0.3) is 0 Å². The molecule has 110 valence electrons. The number of carbonyl (C=O) groups is 1. The number of esters is 1. The van der Waals surface area contributed by atoms with Gasteiger partial charge in [-0.1, -0.05) is 44.2 Å². The molecule has 0 aliphatic carbocycles. The van der Waals surface area contributed by atoms with Crippen molar-refractivity contribution >= 4 is 5.97 Å². The van der Waals surface area contributed by atoms with E-state index in [1.165, 1.54) is 0 Å². The van der Waals surface area contributed by atoms with E-state index in [2.05, 4.69) is 37.9 Å². The molecule has 1 heterocycles. The molecule has 20 heavy (non-hydrogen) atoms. The van der Waals surface area contributed by atoms with Crippen LogP contribution in [0.3, 0.4) is 0 Å². The van der Waals surface area contributed by atoms with Gasteiger partial charge in [0.15, 0.2) is 0 Å². The highest BCUT2D eigenvalue weighted by molar-refractivity contribution is 5.69. The Bertz CT molecular complexity index is 459. The van der Waals surface area contributed by atoms with E-state index in [9.17, 15) is 4.79 Å². The molecule has 1 aliphatic heterocycles. The number of hydrogen-bond acceptors (Lipinski definition) is 3. The summed E-state index contributed by atoms with van der Waals surface area (Å²) >= 11 is 0. The van der Waals surface area contributed by atoms with Crippen molar-refractivity contribution in [2.24, 2.45) is 5.92 Å². The van der Waals surface area contributed by atoms with E-state index in [4.69, 9.17) is 4.74 Å². The average Bonchev–Trinajstić information content (AvgIpc) is 2.49. The van der Waals surface area contributed by atoms with Gasteiger partial charge in [0.05, 0.1) is 0 Å². The van der Waals surface area contributed by atoms with Gasteiger partial charge in [-0.05, 0) is 19.5 Å². The number of rotatable bonds is 3. The smallest absolute Gasteiger partial charge is 0.306 e. The number of nitrogens with zero attached hydrogens (tertiary/aromatic N) is 1.